The van der Waals surface area contributed by atoms with E-state index in [0.29, 0.717) is 38.9 Å². The molecule has 0 spiro atoms. The van der Waals surface area contributed by atoms with Gasteiger partial charge in [-0.3, -0.25) is 9.69 Å². The van der Waals surface area contributed by atoms with Gasteiger partial charge in [-0.05, 0) is 76.5 Å². The maximum absolute atomic E-state index is 13.3. The van der Waals surface area contributed by atoms with Crippen LogP contribution in [-0.2, 0) is 11.4 Å². The molecule has 0 radical (unpaired) electrons. The quantitative estimate of drug-likeness (QED) is 0.511. The number of carbonyl (C=O) groups is 1. The molecule has 0 aliphatic carbocycles. The van der Waals surface area contributed by atoms with Gasteiger partial charge in [0.2, 0.25) is 0 Å². The molecule has 1 aliphatic heterocycles. The van der Waals surface area contributed by atoms with Crippen LogP contribution in [-0.4, -0.2) is 29.6 Å². The second-order valence-electron chi connectivity index (χ2n) is 5.99. The van der Waals surface area contributed by atoms with Crippen LogP contribution in [0.3, 0.4) is 0 Å². The molecular formula is C20H18BrFN2O3S. The molecule has 1 heterocycles. The standard InChI is InChI=1S/C20H18BrFN2O3S/c1-3-24-19(25)16(23-20(24)28)9-13-8-15(21)18(17(10-13)26-2)27-11-12-5-4-6-14(22)7-12/h4-10H,3,11H2,1-2H3,(H,23,28)/b16-9-. The zero-order valence-electron chi connectivity index (χ0n) is 15.3. The van der Waals surface area contributed by atoms with Crippen molar-refractivity contribution in [2.24, 2.45) is 0 Å². The lowest BCUT2D eigenvalue weighted by molar-refractivity contribution is -0.122. The SMILES string of the molecule is CCN1C(=O)/C(=C/c2cc(Br)c(OCc3cccc(F)c3)c(OC)c2)NC1=S. The van der Waals surface area contributed by atoms with Gasteiger partial charge in [-0.2, -0.15) is 0 Å². The van der Waals surface area contributed by atoms with Gasteiger partial charge in [0.05, 0.1) is 11.6 Å². The fourth-order valence-electron chi connectivity index (χ4n) is 2.77. The minimum atomic E-state index is -0.318. The molecule has 146 valence electrons. The van der Waals surface area contributed by atoms with E-state index in [2.05, 4.69) is 21.2 Å². The lowest BCUT2D eigenvalue weighted by atomic mass is 10.1. The van der Waals surface area contributed by atoms with Crippen LogP contribution in [0.25, 0.3) is 6.08 Å². The highest BCUT2D eigenvalue weighted by Crippen LogP contribution is 2.38. The van der Waals surface area contributed by atoms with Gasteiger partial charge in [-0.25, -0.2) is 4.39 Å². The zero-order chi connectivity index (χ0) is 20.3. The van der Waals surface area contributed by atoms with Gasteiger partial charge in [-0.15, -0.1) is 0 Å². The van der Waals surface area contributed by atoms with Gasteiger partial charge in [0.25, 0.3) is 5.91 Å². The Hall–Kier alpha value is -2.45. The van der Waals surface area contributed by atoms with Crippen molar-refractivity contribution in [2.75, 3.05) is 13.7 Å². The number of thiocarbonyl (C=S) groups is 1. The molecule has 0 bridgehead atoms. The smallest absolute Gasteiger partial charge is 0.276 e. The topological polar surface area (TPSA) is 50.8 Å². The number of rotatable bonds is 6. The van der Waals surface area contributed by atoms with E-state index in [1.165, 1.54) is 24.1 Å². The zero-order valence-corrected chi connectivity index (χ0v) is 17.7. The molecule has 1 amide bonds. The second-order valence-corrected chi connectivity index (χ2v) is 7.23. The first-order valence-corrected chi connectivity index (χ1v) is 9.72. The number of nitrogens with one attached hydrogen (secondary N) is 1. The highest BCUT2D eigenvalue weighted by atomic mass is 79.9. The number of hydrogen-bond acceptors (Lipinski definition) is 4. The third-order valence-electron chi connectivity index (χ3n) is 4.11. The Morgan fingerprint density at radius 2 is 2.11 bits per heavy atom. The average molecular weight is 465 g/mol. The van der Waals surface area contributed by atoms with Crippen molar-refractivity contribution in [2.45, 2.75) is 13.5 Å². The Morgan fingerprint density at radius 3 is 2.75 bits per heavy atom. The fraction of sp³-hybridized carbons (Fsp3) is 0.200. The van der Waals surface area contributed by atoms with Gasteiger partial charge in [0.15, 0.2) is 16.6 Å². The van der Waals surface area contributed by atoms with Crippen molar-refractivity contribution in [3.05, 3.63) is 63.5 Å². The van der Waals surface area contributed by atoms with Crippen molar-refractivity contribution in [3.63, 3.8) is 0 Å². The minimum absolute atomic E-state index is 0.172. The first-order chi connectivity index (χ1) is 13.4. The molecule has 1 aliphatic rings. The third kappa shape index (κ3) is 4.34. The van der Waals surface area contributed by atoms with Crippen LogP contribution in [0.5, 0.6) is 11.5 Å². The highest BCUT2D eigenvalue weighted by molar-refractivity contribution is 9.10. The van der Waals surface area contributed by atoms with Crippen LogP contribution >= 0.6 is 28.1 Å². The molecule has 3 rings (SSSR count). The van der Waals surface area contributed by atoms with Crippen LogP contribution in [0.15, 0.2) is 46.6 Å². The molecule has 1 fully saturated rings. The summed E-state index contributed by atoms with van der Waals surface area (Å²) >= 11 is 8.65. The van der Waals surface area contributed by atoms with E-state index in [-0.39, 0.29) is 18.3 Å². The largest absolute Gasteiger partial charge is 0.493 e. The lowest BCUT2D eigenvalue weighted by Gasteiger charge is -2.14. The Bertz CT molecular complexity index is 964. The third-order valence-corrected chi connectivity index (χ3v) is 5.03. The average Bonchev–Trinajstić information content (AvgIpc) is 2.93. The molecule has 1 N–H and O–H groups in total. The second kappa shape index (κ2) is 8.70. The van der Waals surface area contributed by atoms with E-state index in [9.17, 15) is 9.18 Å². The molecule has 1 saturated heterocycles. The normalized spacial score (nSPS) is 15.1. The number of methoxy groups -OCH3 is 1. The summed E-state index contributed by atoms with van der Waals surface area (Å²) in [7, 11) is 1.53. The van der Waals surface area contributed by atoms with Gasteiger partial charge in [-0.1, -0.05) is 12.1 Å². The Balaban J connectivity index is 1.85. The van der Waals surface area contributed by atoms with E-state index in [0.717, 1.165) is 5.56 Å². The highest BCUT2D eigenvalue weighted by Gasteiger charge is 2.29. The summed E-state index contributed by atoms with van der Waals surface area (Å²) in [4.78, 5) is 13.8. The van der Waals surface area contributed by atoms with Crippen LogP contribution in [0.1, 0.15) is 18.1 Å². The predicted octanol–water partition coefficient (Wildman–Crippen LogP) is 4.25. The van der Waals surface area contributed by atoms with E-state index >= 15 is 0 Å². The molecule has 28 heavy (non-hydrogen) atoms. The maximum Gasteiger partial charge on any atom is 0.276 e. The lowest BCUT2D eigenvalue weighted by Crippen LogP contribution is -2.30. The van der Waals surface area contributed by atoms with Gasteiger partial charge < -0.3 is 14.8 Å². The van der Waals surface area contributed by atoms with Crippen molar-refractivity contribution >= 4 is 45.2 Å². The van der Waals surface area contributed by atoms with Crippen LogP contribution in [0.2, 0.25) is 0 Å². The van der Waals surface area contributed by atoms with Gasteiger partial charge in [0, 0.05) is 6.54 Å². The summed E-state index contributed by atoms with van der Waals surface area (Å²) in [6.45, 7) is 2.55. The Morgan fingerprint density at radius 1 is 1.32 bits per heavy atom. The summed E-state index contributed by atoms with van der Waals surface area (Å²) in [5, 5.41) is 3.31. The number of ether oxygens (including phenoxy) is 2. The Labute approximate surface area is 176 Å². The summed E-state index contributed by atoms with van der Waals surface area (Å²) in [5.41, 5.74) is 1.83. The molecule has 0 aromatic heterocycles. The summed E-state index contributed by atoms with van der Waals surface area (Å²) < 4.78 is 25.2. The number of carbonyl (C=O) groups excluding carboxylic acids is 1. The monoisotopic (exact) mass is 464 g/mol. The minimum Gasteiger partial charge on any atom is -0.493 e. The van der Waals surface area contributed by atoms with Crippen molar-refractivity contribution < 1.29 is 18.7 Å². The van der Waals surface area contributed by atoms with E-state index < -0.39 is 0 Å². The van der Waals surface area contributed by atoms with Gasteiger partial charge in [0.1, 0.15) is 18.1 Å². The molecular weight excluding hydrogens is 447 g/mol. The van der Waals surface area contributed by atoms with E-state index in [1.807, 2.05) is 13.0 Å². The molecule has 0 atom stereocenters. The maximum atomic E-state index is 13.3. The van der Waals surface area contributed by atoms with Crippen molar-refractivity contribution in [1.82, 2.24) is 10.2 Å². The van der Waals surface area contributed by atoms with Crippen LogP contribution < -0.4 is 14.8 Å². The molecule has 5 nitrogen and oxygen atoms in total. The van der Waals surface area contributed by atoms with E-state index in [4.69, 9.17) is 21.7 Å². The fourth-order valence-corrected chi connectivity index (χ4v) is 3.67. The molecule has 0 unspecified atom stereocenters. The van der Waals surface area contributed by atoms with Crippen molar-refractivity contribution in [3.8, 4) is 11.5 Å². The Kier molecular flexibility index (Phi) is 6.31. The van der Waals surface area contributed by atoms with Crippen molar-refractivity contribution in [1.29, 1.82) is 0 Å². The van der Waals surface area contributed by atoms with Crippen LogP contribution in [0.4, 0.5) is 4.39 Å². The van der Waals surface area contributed by atoms with E-state index in [1.54, 1.807) is 24.3 Å². The molecule has 2 aromatic rings. The van der Waals surface area contributed by atoms with Crippen LogP contribution in [0, 0.1) is 5.82 Å². The number of nitrogens with zero attached hydrogens (tertiary/aromatic N) is 1. The number of halogens is 2. The summed E-state index contributed by atoms with van der Waals surface area (Å²) in [6.07, 6.45) is 1.70. The molecule has 8 heteroatoms. The molecule has 0 saturated carbocycles. The summed E-state index contributed by atoms with van der Waals surface area (Å²) in [6, 6.07) is 9.77. The number of hydrogen-bond donors (Lipinski definition) is 1. The summed E-state index contributed by atoms with van der Waals surface area (Å²) in [5.74, 6) is 0.485. The number of amides is 1. The molecule has 2 aromatic carbocycles. The first-order valence-electron chi connectivity index (χ1n) is 8.52. The number of likely N-dealkylation sites (N-methyl/N-ethyl adjacent to an activating group) is 1. The predicted molar refractivity (Wildman–Crippen MR) is 113 cm³/mol. The first kappa shape index (κ1) is 20.3. The van der Waals surface area contributed by atoms with Gasteiger partial charge >= 0.3 is 0 Å². The number of benzene rings is 2.